The van der Waals surface area contributed by atoms with Crippen LogP contribution in [0.1, 0.15) is 96.3 Å². The average molecular weight is 369 g/mol. The highest BCUT2D eigenvalue weighted by molar-refractivity contribution is 5.68. The van der Waals surface area contributed by atoms with Crippen molar-refractivity contribution in [3.8, 4) is 0 Å². The molecule has 0 saturated carbocycles. The van der Waals surface area contributed by atoms with Crippen molar-refractivity contribution < 1.29 is 19.0 Å². The zero-order chi connectivity index (χ0) is 18.7. The predicted molar refractivity (Wildman–Crippen MR) is 106 cm³/mol. The summed E-state index contributed by atoms with van der Waals surface area (Å²) in [7, 11) is 1.46. The highest BCUT2D eigenvalue weighted by Crippen LogP contribution is 2.14. The topological polar surface area (TPSA) is 44.8 Å². The fourth-order valence-corrected chi connectivity index (χ4v) is 3.17. The first-order chi connectivity index (χ1) is 12.8. The summed E-state index contributed by atoms with van der Waals surface area (Å²) in [6, 6.07) is 0. The summed E-state index contributed by atoms with van der Waals surface area (Å²) in [5.41, 5.74) is 0. The van der Waals surface area contributed by atoms with Crippen molar-refractivity contribution in [2.75, 3.05) is 20.3 Å². The maximum absolute atomic E-state index is 11.0. The second-order valence-corrected chi connectivity index (χ2v) is 7.22. The second kappa shape index (κ2) is 17.5. The molecule has 0 spiro atoms. The van der Waals surface area contributed by atoms with Gasteiger partial charge in [0.05, 0.1) is 7.11 Å². The summed E-state index contributed by atoms with van der Waals surface area (Å²) >= 11 is 0. The minimum absolute atomic E-state index is 0.0622. The van der Waals surface area contributed by atoms with Gasteiger partial charge >= 0.3 is 5.97 Å². The smallest absolute Gasteiger partial charge is 0.305 e. The number of rotatable bonds is 16. The zero-order valence-electron chi connectivity index (χ0n) is 16.9. The first-order valence-electron chi connectivity index (χ1n) is 10.8. The molecule has 0 aliphatic carbocycles. The molecule has 0 N–H and O–H groups in total. The van der Waals surface area contributed by atoms with Crippen molar-refractivity contribution in [1.29, 1.82) is 0 Å². The molecule has 152 valence electrons. The Morgan fingerprint density at radius 2 is 1.58 bits per heavy atom. The number of hydrogen-bond acceptors (Lipinski definition) is 4. The Morgan fingerprint density at radius 1 is 0.923 bits per heavy atom. The molecule has 0 radical (unpaired) electrons. The Morgan fingerprint density at radius 3 is 2.23 bits per heavy atom. The molecule has 1 fully saturated rings. The van der Waals surface area contributed by atoms with E-state index in [1.54, 1.807) is 0 Å². The minimum Gasteiger partial charge on any atom is -0.469 e. The predicted octanol–water partition coefficient (Wildman–Crippen LogP) is 5.94. The number of methoxy groups -OCH3 is 1. The number of allylic oxidation sites excluding steroid dienone is 2. The Hall–Kier alpha value is -0.870. The molecule has 0 aromatic heterocycles. The third-order valence-electron chi connectivity index (χ3n) is 4.85. The Labute approximate surface area is 160 Å². The Kier molecular flexibility index (Phi) is 15.6. The molecule has 1 rings (SSSR count). The van der Waals surface area contributed by atoms with Gasteiger partial charge in [0.25, 0.3) is 0 Å². The fraction of sp³-hybridized carbons (Fsp3) is 0.864. The van der Waals surface area contributed by atoms with Gasteiger partial charge in [-0.05, 0) is 57.8 Å². The van der Waals surface area contributed by atoms with Crippen LogP contribution in [0.5, 0.6) is 0 Å². The van der Waals surface area contributed by atoms with Gasteiger partial charge in [0.15, 0.2) is 6.29 Å². The van der Waals surface area contributed by atoms with Crippen LogP contribution < -0.4 is 0 Å². The van der Waals surface area contributed by atoms with E-state index in [-0.39, 0.29) is 12.3 Å². The van der Waals surface area contributed by atoms with Gasteiger partial charge in [0, 0.05) is 19.6 Å². The molecule has 1 saturated heterocycles. The third kappa shape index (κ3) is 14.3. The van der Waals surface area contributed by atoms with Gasteiger partial charge in [-0.3, -0.25) is 4.79 Å². The first kappa shape index (κ1) is 23.2. The highest BCUT2D eigenvalue weighted by Gasteiger charge is 2.13. The summed E-state index contributed by atoms with van der Waals surface area (Å²) < 4.78 is 15.9. The summed E-state index contributed by atoms with van der Waals surface area (Å²) in [6.07, 6.45) is 22.0. The van der Waals surface area contributed by atoms with Crippen molar-refractivity contribution >= 4 is 5.97 Å². The molecule has 4 nitrogen and oxygen atoms in total. The number of carbonyl (C=O) groups is 1. The van der Waals surface area contributed by atoms with Crippen LogP contribution >= 0.6 is 0 Å². The van der Waals surface area contributed by atoms with E-state index in [1.165, 1.54) is 64.9 Å². The third-order valence-corrected chi connectivity index (χ3v) is 4.85. The highest BCUT2D eigenvalue weighted by atomic mass is 16.7. The standard InChI is InChI=1S/C22H40O4/c1-24-21(23)17-13-11-9-7-5-3-2-4-6-8-10-12-15-19-25-22-18-14-16-20-26-22/h6,8,22H,2-5,7,9-20H2,1H3/b8-6-. The van der Waals surface area contributed by atoms with E-state index < -0.39 is 0 Å². The van der Waals surface area contributed by atoms with Crippen LogP contribution in [-0.4, -0.2) is 32.6 Å². The number of unbranched alkanes of at least 4 members (excludes halogenated alkanes) is 9. The zero-order valence-corrected chi connectivity index (χ0v) is 16.9. The van der Waals surface area contributed by atoms with Crippen LogP contribution in [0.4, 0.5) is 0 Å². The van der Waals surface area contributed by atoms with E-state index in [0.29, 0.717) is 6.42 Å². The van der Waals surface area contributed by atoms with Gasteiger partial charge in [-0.15, -0.1) is 0 Å². The van der Waals surface area contributed by atoms with Crippen LogP contribution in [-0.2, 0) is 19.0 Å². The summed E-state index contributed by atoms with van der Waals surface area (Å²) in [5.74, 6) is -0.0810. The quantitative estimate of drug-likeness (QED) is 0.192. The van der Waals surface area contributed by atoms with E-state index in [4.69, 9.17) is 9.47 Å². The lowest BCUT2D eigenvalue weighted by atomic mass is 10.1. The first-order valence-corrected chi connectivity index (χ1v) is 10.8. The minimum atomic E-state index is -0.0810. The van der Waals surface area contributed by atoms with Gasteiger partial charge in [0.1, 0.15) is 0 Å². The molecular formula is C22H40O4. The lowest BCUT2D eigenvalue weighted by Crippen LogP contribution is -2.22. The lowest BCUT2D eigenvalue weighted by molar-refractivity contribution is -0.162. The molecule has 0 bridgehead atoms. The Balaban J connectivity index is 1.73. The largest absolute Gasteiger partial charge is 0.469 e. The van der Waals surface area contributed by atoms with E-state index >= 15 is 0 Å². The van der Waals surface area contributed by atoms with Gasteiger partial charge in [0.2, 0.25) is 0 Å². The number of carbonyl (C=O) groups excluding carboxylic acids is 1. The van der Waals surface area contributed by atoms with E-state index in [0.717, 1.165) is 45.3 Å². The summed E-state index contributed by atoms with van der Waals surface area (Å²) in [5, 5.41) is 0. The molecule has 26 heavy (non-hydrogen) atoms. The molecule has 1 heterocycles. The monoisotopic (exact) mass is 368 g/mol. The molecule has 0 aromatic carbocycles. The van der Waals surface area contributed by atoms with E-state index in [2.05, 4.69) is 16.9 Å². The van der Waals surface area contributed by atoms with Crippen molar-refractivity contribution in [2.24, 2.45) is 0 Å². The van der Waals surface area contributed by atoms with Gasteiger partial charge in [-0.2, -0.15) is 0 Å². The van der Waals surface area contributed by atoms with Crippen LogP contribution in [0.25, 0.3) is 0 Å². The van der Waals surface area contributed by atoms with Gasteiger partial charge in [-0.25, -0.2) is 0 Å². The van der Waals surface area contributed by atoms with Crippen LogP contribution in [0.2, 0.25) is 0 Å². The van der Waals surface area contributed by atoms with Crippen LogP contribution in [0.15, 0.2) is 12.2 Å². The maximum atomic E-state index is 11.0. The van der Waals surface area contributed by atoms with Crippen LogP contribution in [0.3, 0.4) is 0 Å². The van der Waals surface area contributed by atoms with Gasteiger partial charge in [-0.1, -0.05) is 44.3 Å². The number of hydrogen-bond donors (Lipinski definition) is 0. The van der Waals surface area contributed by atoms with Gasteiger partial charge < -0.3 is 14.2 Å². The molecule has 1 unspecified atom stereocenters. The second-order valence-electron chi connectivity index (χ2n) is 7.22. The summed E-state index contributed by atoms with van der Waals surface area (Å²) in [4.78, 5) is 11.0. The summed E-state index contributed by atoms with van der Waals surface area (Å²) in [6.45, 7) is 1.70. The SMILES string of the molecule is COC(=O)CCCCCCCCC/C=C\CCCCOC1CCCCO1. The molecule has 1 aliphatic rings. The van der Waals surface area contributed by atoms with E-state index in [1.807, 2.05) is 0 Å². The number of ether oxygens (including phenoxy) is 3. The van der Waals surface area contributed by atoms with Crippen molar-refractivity contribution in [3.05, 3.63) is 12.2 Å². The molecule has 0 amide bonds. The van der Waals surface area contributed by atoms with Crippen molar-refractivity contribution in [2.45, 2.75) is 103 Å². The van der Waals surface area contributed by atoms with Crippen molar-refractivity contribution in [1.82, 2.24) is 0 Å². The normalized spacial score (nSPS) is 17.7. The Bertz CT molecular complexity index is 348. The maximum Gasteiger partial charge on any atom is 0.305 e. The lowest BCUT2D eigenvalue weighted by Gasteiger charge is -2.22. The molecule has 4 heteroatoms. The van der Waals surface area contributed by atoms with Crippen LogP contribution in [0, 0.1) is 0 Å². The molecule has 0 aromatic rings. The fourth-order valence-electron chi connectivity index (χ4n) is 3.17. The molecule has 1 atom stereocenters. The molecule has 1 aliphatic heterocycles. The average Bonchev–Trinajstić information content (AvgIpc) is 2.68. The molecular weight excluding hydrogens is 328 g/mol. The van der Waals surface area contributed by atoms with E-state index in [9.17, 15) is 4.79 Å². The number of esters is 1. The van der Waals surface area contributed by atoms with Crippen molar-refractivity contribution in [3.63, 3.8) is 0 Å².